The van der Waals surface area contributed by atoms with Crippen molar-refractivity contribution in [3.63, 3.8) is 0 Å². The quantitative estimate of drug-likeness (QED) is 0.157. The number of aliphatic hydroxyl groups is 4. The number of carbonyl (C=O) groups is 2. The zero-order chi connectivity index (χ0) is 23.1. The fourth-order valence-corrected chi connectivity index (χ4v) is 3.03. The van der Waals surface area contributed by atoms with Gasteiger partial charge in [-0.2, -0.15) is 12.0 Å². The van der Waals surface area contributed by atoms with Crippen LogP contribution in [0.4, 0.5) is 4.39 Å². The van der Waals surface area contributed by atoms with Crippen molar-refractivity contribution in [2.24, 2.45) is 5.92 Å². The average Bonchev–Trinajstić information content (AvgIpc) is 2.70. The van der Waals surface area contributed by atoms with Crippen LogP contribution in [0.15, 0.2) is 0 Å². The maximum Gasteiger partial charge on any atom is 2.00 e. The minimum atomic E-state index is -3.58. The first kappa shape index (κ1) is 30.3. The zero-order valence-corrected chi connectivity index (χ0v) is 19.0. The molecule has 0 spiro atoms. The van der Waals surface area contributed by atoms with E-state index < -0.39 is 67.9 Å². The van der Waals surface area contributed by atoms with Crippen molar-refractivity contribution in [1.82, 2.24) is 0 Å². The van der Waals surface area contributed by atoms with E-state index in [1.165, 1.54) is 19.3 Å². The van der Waals surface area contributed by atoms with Gasteiger partial charge in [-0.1, -0.05) is 25.7 Å². The minimum absolute atomic E-state index is 0. The van der Waals surface area contributed by atoms with E-state index in [0.717, 1.165) is 6.42 Å². The number of alkyl halides is 1. The monoisotopic (exact) mass is 634 g/mol. The van der Waals surface area contributed by atoms with E-state index in [1.807, 2.05) is 0 Å². The van der Waals surface area contributed by atoms with Crippen LogP contribution in [-0.4, -0.2) is 98.2 Å². The van der Waals surface area contributed by atoms with Crippen LogP contribution in [0.3, 0.4) is 0 Å². The summed E-state index contributed by atoms with van der Waals surface area (Å²) in [6.07, 6.45) is -4.21. The van der Waals surface area contributed by atoms with Crippen LogP contribution in [0.2, 0.25) is 0 Å². The molecule has 0 amide bonds. The van der Waals surface area contributed by atoms with Crippen LogP contribution in [0.25, 0.3) is 5.73 Å². The molecule has 1 saturated carbocycles. The second kappa shape index (κ2) is 13.7. The van der Waals surface area contributed by atoms with E-state index in [4.69, 9.17) is 30.5 Å². The average molecular weight is 635 g/mol. The first-order valence-corrected chi connectivity index (χ1v) is 9.57. The molecular formula is C18H30FNO10Pt. The minimum Gasteiger partial charge on any atom is -0.677 e. The molecule has 7 N–H and O–H groups in total. The molecule has 0 aromatic rings. The molecule has 1 heterocycles. The standard InChI is InChI=1S/C11H17FO10.C7H13N.Pt/c12-11(9(17)18,10(19)20)1-2-21-8-7(16)6(15)5(14)4(3-13)22-8;1-6-4-2-3-5-7(6)8;/h4-8,13-16H,1-3H2,(H,17,18)(H,19,20);6-8H,1-5H2;/q;-2;+2/t4-,5+,6+,7-,8?;6-,7-;/m11./s1. The third kappa shape index (κ3) is 8.29. The van der Waals surface area contributed by atoms with E-state index in [9.17, 15) is 29.3 Å². The van der Waals surface area contributed by atoms with Crippen molar-refractivity contribution in [2.75, 3.05) is 13.2 Å². The Morgan fingerprint density at radius 3 is 2.06 bits per heavy atom. The SMILES string of the molecule is O=C(O)C(F)(CCOC1O[C@H](CO)[C@H](O)[C@H](O)[C@H]1O)C(=O)O.[CH2-][C@@H]1CCCC[C@H]1[NH-].[Pt+2]. The molecule has 1 aliphatic heterocycles. The number of rotatable bonds is 7. The Balaban J connectivity index is 0.000000838. The Morgan fingerprint density at radius 1 is 1.10 bits per heavy atom. The summed E-state index contributed by atoms with van der Waals surface area (Å²) >= 11 is 0. The van der Waals surface area contributed by atoms with Crippen molar-refractivity contribution in [2.45, 2.75) is 74.5 Å². The summed E-state index contributed by atoms with van der Waals surface area (Å²) in [6, 6.07) is 0.142. The predicted octanol–water partition coefficient (Wildman–Crippen LogP) is -0.501. The molecule has 0 aromatic heterocycles. The van der Waals surface area contributed by atoms with Crippen LogP contribution in [0, 0.1) is 12.8 Å². The van der Waals surface area contributed by atoms with Crippen molar-refractivity contribution in [3.05, 3.63) is 12.7 Å². The molecule has 2 rings (SSSR count). The molecule has 13 heteroatoms. The number of nitrogens with one attached hydrogen (secondary N) is 1. The topological polar surface area (TPSA) is 198 Å². The smallest absolute Gasteiger partial charge is 0.677 e. The third-order valence-corrected chi connectivity index (χ3v) is 5.16. The van der Waals surface area contributed by atoms with Crippen LogP contribution < -0.4 is 0 Å². The Labute approximate surface area is 193 Å². The summed E-state index contributed by atoms with van der Waals surface area (Å²) in [4.78, 5) is 21.2. The number of ether oxygens (including phenoxy) is 2. The maximum absolute atomic E-state index is 13.7. The molecule has 1 unspecified atom stereocenters. The van der Waals surface area contributed by atoms with Gasteiger partial charge in [0.05, 0.1) is 13.2 Å². The van der Waals surface area contributed by atoms with E-state index in [-0.39, 0.29) is 27.1 Å². The largest absolute Gasteiger partial charge is 2.00 e. The molecule has 0 radical (unpaired) electrons. The summed E-state index contributed by atoms with van der Waals surface area (Å²) in [5, 5.41) is 54.6. The predicted molar refractivity (Wildman–Crippen MR) is 98.9 cm³/mol. The van der Waals surface area contributed by atoms with Crippen LogP contribution in [0.1, 0.15) is 32.1 Å². The van der Waals surface area contributed by atoms with Gasteiger partial charge in [-0.25, -0.2) is 14.0 Å². The van der Waals surface area contributed by atoms with Gasteiger partial charge in [-0.15, -0.1) is 0 Å². The van der Waals surface area contributed by atoms with Crippen molar-refractivity contribution in [1.29, 1.82) is 0 Å². The molecule has 1 aliphatic carbocycles. The first-order valence-electron chi connectivity index (χ1n) is 9.57. The van der Waals surface area contributed by atoms with E-state index in [0.29, 0.717) is 5.92 Å². The second-order valence-electron chi connectivity index (χ2n) is 7.38. The summed E-state index contributed by atoms with van der Waals surface area (Å²) in [7, 11) is 0. The summed E-state index contributed by atoms with van der Waals surface area (Å²) in [5.41, 5.74) is 3.84. The van der Waals surface area contributed by atoms with Crippen LogP contribution in [0.5, 0.6) is 0 Å². The van der Waals surface area contributed by atoms with Gasteiger partial charge in [0, 0.05) is 6.42 Å². The number of carboxylic acids is 2. The number of aliphatic hydroxyl groups excluding tert-OH is 4. The van der Waals surface area contributed by atoms with Gasteiger partial charge in [0.1, 0.15) is 24.4 Å². The molecule has 0 bridgehead atoms. The van der Waals surface area contributed by atoms with Crippen LogP contribution >= 0.6 is 0 Å². The van der Waals surface area contributed by atoms with Gasteiger partial charge in [-0.3, -0.25) is 0 Å². The summed E-state index contributed by atoms with van der Waals surface area (Å²) in [6.45, 7) is 2.42. The van der Waals surface area contributed by atoms with Gasteiger partial charge < -0.3 is 52.8 Å². The maximum atomic E-state index is 13.7. The van der Waals surface area contributed by atoms with Gasteiger partial charge >= 0.3 is 38.7 Å². The summed E-state index contributed by atoms with van der Waals surface area (Å²) in [5.74, 6) is -4.00. The number of halogens is 1. The summed E-state index contributed by atoms with van der Waals surface area (Å²) < 4.78 is 23.4. The molecule has 2 aliphatic rings. The number of hydrogen-bond donors (Lipinski definition) is 6. The zero-order valence-electron chi connectivity index (χ0n) is 16.7. The van der Waals surface area contributed by atoms with Crippen molar-refractivity contribution in [3.8, 4) is 0 Å². The van der Waals surface area contributed by atoms with Crippen molar-refractivity contribution >= 4 is 11.9 Å². The molecular weight excluding hydrogens is 604 g/mol. The Bertz CT molecular complexity index is 545. The molecule has 184 valence electrons. The Hall–Kier alpha value is -0.722. The molecule has 11 nitrogen and oxygen atoms in total. The number of carboxylic acid groups (broad SMARTS) is 2. The van der Waals surface area contributed by atoms with E-state index >= 15 is 0 Å². The molecule has 0 aromatic carbocycles. The second-order valence-corrected chi connectivity index (χ2v) is 7.38. The normalized spacial score (nSPS) is 33.5. The fraction of sp³-hybridized carbons (Fsp3) is 0.833. The van der Waals surface area contributed by atoms with Gasteiger partial charge in [0.15, 0.2) is 6.29 Å². The molecule has 1 saturated heterocycles. The third-order valence-electron chi connectivity index (χ3n) is 5.16. The van der Waals surface area contributed by atoms with Gasteiger partial charge in [-0.05, 0) is 0 Å². The number of aliphatic carboxylic acids is 2. The van der Waals surface area contributed by atoms with E-state index in [2.05, 4.69) is 6.92 Å². The Kier molecular flexibility index (Phi) is 13.4. The Morgan fingerprint density at radius 2 is 1.65 bits per heavy atom. The first-order chi connectivity index (χ1) is 14.0. The van der Waals surface area contributed by atoms with Crippen molar-refractivity contribution < 1.29 is 75.2 Å². The fourth-order valence-electron chi connectivity index (χ4n) is 3.03. The van der Waals surface area contributed by atoms with E-state index in [1.54, 1.807) is 0 Å². The molecule has 2 fully saturated rings. The van der Waals surface area contributed by atoms with Crippen LogP contribution in [-0.2, 0) is 40.1 Å². The van der Waals surface area contributed by atoms with Gasteiger partial charge in [0.2, 0.25) is 0 Å². The van der Waals surface area contributed by atoms with Gasteiger partial charge in [0.25, 0.3) is 0 Å². The molecule has 7 atom stereocenters. The molecule has 31 heavy (non-hydrogen) atoms. The number of hydrogen-bond acceptors (Lipinski definition) is 8.